The van der Waals surface area contributed by atoms with Gasteiger partial charge in [0.1, 0.15) is 0 Å². The fraction of sp³-hybridized carbons (Fsp3) is 0.600. The maximum absolute atomic E-state index is 6.27. The zero-order chi connectivity index (χ0) is 13.9. The topological polar surface area (TPSA) is 38.0 Å². The Morgan fingerprint density at radius 3 is 2.58 bits per heavy atom. The third-order valence-electron chi connectivity index (χ3n) is 4.68. The summed E-state index contributed by atoms with van der Waals surface area (Å²) >= 11 is 12.3. The van der Waals surface area contributed by atoms with Crippen LogP contribution in [0, 0.1) is 5.41 Å². The Balaban J connectivity index is 2.21. The normalized spacial score (nSPS) is 19.6. The Morgan fingerprint density at radius 1 is 1.32 bits per heavy atom. The van der Waals surface area contributed by atoms with Gasteiger partial charge in [0, 0.05) is 16.1 Å². The molecule has 1 aromatic carbocycles. The number of halogens is 2. The van der Waals surface area contributed by atoms with E-state index in [0.717, 1.165) is 28.5 Å². The third-order valence-corrected chi connectivity index (χ3v) is 5.28. The van der Waals surface area contributed by atoms with Crippen molar-refractivity contribution in [3.8, 4) is 0 Å². The predicted molar refractivity (Wildman–Crippen MR) is 82.5 cm³/mol. The molecule has 4 heteroatoms. The number of benzene rings is 1. The zero-order valence-electron chi connectivity index (χ0n) is 11.4. The zero-order valence-corrected chi connectivity index (χ0v) is 12.9. The molecule has 0 heterocycles. The second-order valence-electron chi connectivity index (χ2n) is 5.58. The highest BCUT2D eigenvalue weighted by atomic mass is 35.5. The van der Waals surface area contributed by atoms with Crippen LogP contribution in [0.5, 0.6) is 0 Å². The molecule has 0 amide bonds. The maximum atomic E-state index is 6.27. The first-order valence-corrected chi connectivity index (χ1v) is 7.77. The molecule has 1 aliphatic carbocycles. The summed E-state index contributed by atoms with van der Waals surface area (Å²) in [5.41, 5.74) is 4.42. The standard InChI is InChI=1S/C15H22Cl2N2/c1-2-15(7-3-4-8-15)14(19-18)10-11-9-12(16)5-6-13(11)17/h5-6,9,14,19H,2-4,7-8,10,18H2,1H3. The average Bonchev–Trinajstić information content (AvgIpc) is 2.89. The largest absolute Gasteiger partial charge is 0.271 e. The average molecular weight is 301 g/mol. The fourth-order valence-electron chi connectivity index (χ4n) is 3.40. The Labute approximate surface area is 125 Å². The van der Waals surface area contributed by atoms with Crippen LogP contribution in [-0.4, -0.2) is 6.04 Å². The van der Waals surface area contributed by atoms with Gasteiger partial charge in [-0.25, -0.2) is 0 Å². The van der Waals surface area contributed by atoms with Crippen LogP contribution in [0.2, 0.25) is 10.0 Å². The first-order chi connectivity index (χ1) is 9.11. The van der Waals surface area contributed by atoms with Crippen molar-refractivity contribution in [1.82, 2.24) is 5.43 Å². The first kappa shape index (κ1) is 15.1. The fourth-order valence-corrected chi connectivity index (χ4v) is 3.79. The van der Waals surface area contributed by atoms with Gasteiger partial charge in [0.05, 0.1) is 0 Å². The van der Waals surface area contributed by atoms with Gasteiger partial charge in [-0.2, -0.15) is 0 Å². The van der Waals surface area contributed by atoms with Crippen molar-refractivity contribution < 1.29 is 0 Å². The molecule has 0 saturated heterocycles. The molecule has 2 nitrogen and oxygen atoms in total. The van der Waals surface area contributed by atoms with Crippen molar-refractivity contribution in [2.45, 2.75) is 51.5 Å². The van der Waals surface area contributed by atoms with Gasteiger partial charge in [-0.05, 0) is 54.9 Å². The lowest BCUT2D eigenvalue weighted by Crippen LogP contribution is -2.48. The molecule has 0 aliphatic heterocycles. The Bertz CT molecular complexity index is 428. The van der Waals surface area contributed by atoms with Crippen molar-refractivity contribution in [1.29, 1.82) is 0 Å². The van der Waals surface area contributed by atoms with E-state index in [1.165, 1.54) is 25.7 Å². The SMILES string of the molecule is CCC1(C(Cc2cc(Cl)ccc2Cl)NN)CCCC1. The highest BCUT2D eigenvalue weighted by Crippen LogP contribution is 2.45. The van der Waals surface area contributed by atoms with E-state index < -0.39 is 0 Å². The summed E-state index contributed by atoms with van der Waals surface area (Å²) in [6.45, 7) is 2.26. The molecule has 0 spiro atoms. The smallest absolute Gasteiger partial charge is 0.0439 e. The molecule has 2 rings (SSSR count). The van der Waals surface area contributed by atoms with Crippen molar-refractivity contribution in [3.05, 3.63) is 33.8 Å². The summed E-state index contributed by atoms with van der Waals surface area (Å²) < 4.78 is 0. The van der Waals surface area contributed by atoms with E-state index in [1.54, 1.807) is 0 Å². The molecule has 0 radical (unpaired) electrons. The van der Waals surface area contributed by atoms with Crippen LogP contribution in [0.4, 0.5) is 0 Å². The van der Waals surface area contributed by atoms with E-state index in [-0.39, 0.29) is 6.04 Å². The second-order valence-corrected chi connectivity index (χ2v) is 6.43. The summed E-state index contributed by atoms with van der Waals surface area (Å²) in [5, 5.41) is 1.50. The number of hydrazine groups is 1. The van der Waals surface area contributed by atoms with Crippen molar-refractivity contribution in [3.63, 3.8) is 0 Å². The summed E-state index contributed by atoms with van der Waals surface area (Å²) in [5.74, 6) is 5.82. The minimum absolute atomic E-state index is 0.260. The van der Waals surface area contributed by atoms with Crippen LogP contribution in [0.15, 0.2) is 18.2 Å². The van der Waals surface area contributed by atoms with Gasteiger partial charge in [0.25, 0.3) is 0 Å². The van der Waals surface area contributed by atoms with Crippen LogP contribution in [0.25, 0.3) is 0 Å². The number of nitrogens with one attached hydrogen (secondary N) is 1. The molecule has 0 aromatic heterocycles. The minimum atomic E-state index is 0.260. The van der Waals surface area contributed by atoms with Crippen molar-refractivity contribution in [2.24, 2.45) is 11.3 Å². The van der Waals surface area contributed by atoms with Crippen LogP contribution >= 0.6 is 23.2 Å². The molecule has 1 saturated carbocycles. The van der Waals surface area contributed by atoms with Gasteiger partial charge in [-0.3, -0.25) is 11.3 Å². The monoisotopic (exact) mass is 300 g/mol. The van der Waals surface area contributed by atoms with Gasteiger partial charge in [-0.15, -0.1) is 0 Å². The molecular weight excluding hydrogens is 279 g/mol. The lowest BCUT2D eigenvalue weighted by Gasteiger charge is -2.37. The second kappa shape index (κ2) is 6.45. The van der Waals surface area contributed by atoms with Crippen LogP contribution in [0.1, 0.15) is 44.6 Å². The molecular formula is C15H22Cl2N2. The summed E-state index contributed by atoms with van der Waals surface area (Å²) in [6.07, 6.45) is 7.08. The van der Waals surface area contributed by atoms with E-state index in [4.69, 9.17) is 29.0 Å². The van der Waals surface area contributed by atoms with Crippen molar-refractivity contribution in [2.75, 3.05) is 0 Å². The lowest BCUT2D eigenvalue weighted by atomic mass is 9.74. The number of rotatable bonds is 5. The van der Waals surface area contributed by atoms with E-state index in [2.05, 4.69) is 12.3 Å². The van der Waals surface area contributed by atoms with Crippen LogP contribution < -0.4 is 11.3 Å². The van der Waals surface area contributed by atoms with Gasteiger partial charge in [0.15, 0.2) is 0 Å². The lowest BCUT2D eigenvalue weighted by molar-refractivity contribution is 0.185. The molecule has 106 valence electrons. The molecule has 0 bridgehead atoms. The molecule has 19 heavy (non-hydrogen) atoms. The van der Waals surface area contributed by atoms with E-state index in [0.29, 0.717) is 5.41 Å². The highest BCUT2D eigenvalue weighted by Gasteiger charge is 2.39. The molecule has 1 atom stereocenters. The van der Waals surface area contributed by atoms with Crippen LogP contribution in [-0.2, 0) is 6.42 Å². The molecule has 1 fully saturated rings. The van der Waals surface area contributed by atoms with E-state index in [1.807, 2.05) is 18.2 Å². The van der Waals surface area contributed by atoms with E-state index >= 15 is 0 Å². The summed E-state index contributed by atoms with van der Waals surface area (Å²) in [4.78, 5) is 0. The predicted octanol–water partition coefficient (Wildman–Crippen LogP) is 4.34. The van der Waals surface area contributed by atoms with Gasteiger partial charge >= 0.3 is 0 Å². The van der Waals surface area contributed by atoms with Crippen molar-refractivity contribution >= 4 is 23.2 Å². The van der Waals surface area contributed by atoms with Gasteiger partial charge in [0.2, 0.25) is 0 Å². The third kappa shape index (κ3) is 3.25. The summed E-state index contributed by atoms with van der Waals surface area (Å²) in [6, 6.07) is 5.90. The Kier molecular flexibility index (Phi) is 5.13. The molecule has 1 aromatic rings. The van der Waals surface area contributed by atoms with Crippen LogP contribution in [0.3, 0.4) is 0 Å². The number of hydrogen-bond donors (Lipinski definition) is 2. The minimum Gasteiger partial charge on any atom is -0.271 e. The van der Waals surface area contributed by atoms with E-state index in [9.17, 15) is 0 Å². The Hall–Kier alpha value is -0.280. The summed E-state index contributed by atoms with van der Waals surface area (Å²) in [7, 11) is 0. The highest BCUT2D eigenvalue weighted by molar-refractivity contribution is 6.33. The molecule has 1 aliphatic rings. The molecule has 3 N–H and O–H groups in total. The number of hydrogen-bond acceptors (Lipinski definition) is 2. The molecule has 1 unspecified atom stereocenters. The quantitative estimate of drug-likeness (QED) is 0.627. The first-order valence-electron chi connectivity index (χ1n) is 7.01. The number of nitrogens with two attached hydrogens (primary N) is 1. The maximum Gasteiger partial charge on any atom is 0.0439 e. The van der Waals surface area contributed by atoms with Gasteiger partial charge in [-0.1, -0.05) is 43.0 Å². The van der Waals surface area contributed by atoms with Gasteiger partial charge < -0.3 is 0 Å². The Morgan fingerprint density at radius 2 is 2.00 bits per heavy atom.